The van der Waals surface area contributed by atoms with Crippen molar-refractivity contribution in [1.29, 1.82) is 0 Å². The fourth-order valence-electron chi connectivity index (χ4n) is 1.92. The van der Waals surface area contributed by atoms with Crippen LogP contribution in [-0.4, -0.2) is 21.3 Å². The van der Waals surface area contributed by atoms with Gasteiger partial charge in [-0.15, -0.1) is 0 Å². The third kappa shape index (κ3) is 2.23. The van der Waals surface area contributed by atoms with Gasteiger partial charge in [0.05, 0.1) is 36.6 Å². The average Bonchev–Trinajstić information content (AvgIpc) is 2.86. The van der Waals surface area contributed by atoms with E-state index in [-0.39, 0.29) is 6.61 Å². The molecular weight excluding hydrogens is 214 g/mol. The van der Waals surface area contributed by atoms with Gasteiger partial charge in [-0.1, -0.05) is 25.1 Å². The lowest BCUT2D eigenvalue weighted by Gasteiger charge is -2.15. The summed E-state index contributed by atoms with van der Waals surface area (Å²) in [5.41, 5.74) is 8.99. The number of para-hydroxylation sites is 1. The van der Waals surface area contributed by atoms with Gasteiger partial charge >= 0.3 is 0 Å². The van der Waals surface area contributed by atoms with Crippen molar-refractivity contribution in [1.82, 2.24) is 9.55 Å². The topological polar surface area (TPSA) is 64.1 Å². The highest BCUT2D eigenvalue weighted by Crippen LogP contribution is 2.19. The van der Waals surface area contributed by atoms with Crippen LogP contribution in [0.1, 0.15) is 24.2 Å². The Labute approximate surface area is 101 Å². The molecule has 0 amide bonds. The molecule has 4 heteroatoms. The Morgan fingerprint density at radius 3 is 2.88 bits per heavy atom. The van der Waals surface area contributed by atoms with Gasteiger partial charge in [0, 0.05) is 0 Å². The van der Waals surface area contributed by atoms with Gasteiger partial charge in [-0.2, -0.15) is 0 Å². The lowest BCUT2D eigenvalue weighted by atomic mass is 10.1. The summed E-state index contributed by atoms with van der Waals surface area (Å²) in [5.74, 6) is 0. The zero-order valence-corrected chi connectivity index (χ0v) is 9.87. The number of aryl methyl sites for hydroxylation is 1. The van der Waals surface area contributed by atoms with E-state index in [1.54, 1.807) is 12.5 Å². The van der Waals surface area contributed by atoms with E-state index < -0.39 is 6.04 Å². The van der Waals surface area contributed by atoms with Crippen LogP contribution in [0.4, 0.5) is 0 Å². The molecule has 0 saturated heterocycles. The van der Waals surface area contributed by atoms with E-state index >= 15 is 0 Å². The highest BCUT2D eigenvalue weighted by molar-refractivity contribution is 5.42. The number of hydrogen-bond acceptors (Lipinski definition) is 3. The van der Waals surface area contributed by atoms with Crippen molar-refractivity contribution in [2.45, 2.75) is 19.4 Å². The van der Waals surface area contributed by atoms with E-state index in [1.165, 1.54) is 5.56 Å². The van der Waals surface area contributed by atoms with Gasteiger partial charge in [0.1, 0.15) is 0 Å². The Morgan fingerprint density at radius 2 is 2.18 bits per heavy atom. The molecule has 0 radical (unpaired) electrons. The molecule has 1 aromatic heterocycles. The average molecular weight is 231 g/mol. The van der Waals surface area contributed by atoms with Crippen LogP contribution in [0.5, 0.6) is 0 Å². The predicted octanol–water partition coefficient (Wildman–Crippen LogP) is 1.43. The molecule has 1 heterocycles. The van der Waals surface area contributed by atoms with Crippen molar-refractivity contribution in [2.24, 2.45) is 5.73 Å². The Bertz CT molecular complexity index is 493. The lowest BCUT2D eigenvalue weighted by Crippen LogP contribution is -2.18. The van der Waals surface area contributed by atoms with Gasteiger partial charge in [0.15, 0.2) is 0 Å². The number of hydrogen-bond donors (Lipinski definition) is 2. The second-order valence-electron chi connectivity index (χ2n) is 3.96. The van der Waals surface area contributed by atoms with Crippen molar-refractivity contribution in [3.05, 3.63) is 48.0 Å². The van der Waals surface area contributed by atoms with Crippen LogP contribution in [0.2, 0.25) is 0 Å². The second kappa shape index (κ2) is 5.12. The number of aliphatic hydroxyl groups excluding tert-OH is 1. The van der Waals surface area contributed by atoms with Gasteiger partial charge in [0.25, 0.3) is 0 Å². The molecule has 1 aromatic carbocycles. The zero-order valence-electron chi connectivity index (χ0n) is 9.87. The molecule has 90 valence electrons. The molecule has 0 spiro atoms. The first kappa shape index (κ1) is 11.8. The van der Waals surface area contributed by atoms with Crippen LogP contribution in [0.15, 0.2) is 36.8 Å². The number of aromatic nitrogens is 2. The molecule has 4 nitrogen and oxygen atoms in total. The van der Waals surface area contributed by atoms with Gasteiger partial charge in [-0.05, 0) is 18.1 Å². The zero-order chi connectivity index (χ0) is 12.3. The Balaban J connectivity index is 2.49. The highest BCUT2D eigenvalue weighted by atomic mass is 16.3. The number of nitrogens with zero attached hydrogens (tertiary/aromatic N) is 2. The summed E-state index contributed by atoms with van der Waals surface area (Å²) in [4.78, 5) is 4.11. The lowest BCUT2D eigenvalue weighted by molar-refractivity contribution is 0.265. The maximum atomic E-state index is 9.14. The quantitative estimate of drug-likeness (QED) is 0.836. The number of benzene rings is 1. The highest BCUT2D eigenvalue weighted by Gasteiger charge is 2.13. The summed E-state index contributed by atoms with van der Waals surface area (Å²) in [5, 5.41) is 9.14. The van der Waals surface area contributed by atoms with Gasteiger partial charge < -0.3 is 15.4 Å². The molecular formula is C13H17N3O. The summed E-state index contributed by atoms with van der Waals surface area (Å²) in [6.07, 6.45) is 4.38. The molecule has 17 heavy (non-hydrogen) atoms. The van der Waals surface area contributed by atoms with Crippen LogP contribution in [0, 0.1) is 0 Å². The summed E-state index contributed by atoms with van der Waals surface area (Å²) < 4.78 is 1.94. The maximum absolute atomic E-state index is 9.14. The van der Waals surface area contributed by atoms with E-state index in [4.69, 9.17) is 10.8 Å². The fourth-order valence-corrected chi connectivity index (χ4v) is 1.92. The maximum Gasteiger partial charge on any atom is 0.0994 e. The molecule has 2 aromatic rings. The Hall–Kier alpha value is -1.65. The normalized spacial score (nSPS) is 12.6. The molecule has 0 saturated carbocycles. The largest absolute Gasteiger partial charge is 0.394 e. The molecule has 0 aliphatic carbocycles. The summed E-state index contributed by atoms with van der Waals surface area (Å²) >= 11 is 0. The number of imidazole rings is 1. The Kier molecular flexibility index (Phi) is 3.56. The van der Waals surface area contributed by atoms with E-state index in [0.717, 1.165) is 17.8 Å². The van der Waals surface area contributed by atoms with Crippen molar-refractivity contribution in [2.75, 3.05) is 6.61 Å². The molecule has 0 bridgehead atoms. The molecule has 0 fully saturated rings. The Morgan fingerprint density at radius 1 is 1.41 bits per heavy atom. The minimum absolute atomic E-state index is 0.0833. The van der Waals surface area contributed by atoms with E-state index in [2.05, 4.69) is 18.0 Å². The van der Waals surface area contributed by atoms with Crippen molar-refractivity contribution < 1.29 is 5.11 Å². The molecule has 1 atom stereocenters. The first-order valence-electron chi connectivity index (χ1n) is 5.74. The number of nitrogens with two attached hydrogens (primary N) is 1. The van der Waals surface area contributed by atoms with Gasteiger partial charge in [0.2, 0.25) is 0 Å². The smallest absolute Gasteiger partial charge is 0.0994 e. The molecule has 3 N–H and O–H groups in total. The SMILES string of the molecule is CCc1ccccc1-n1cncc1C(N)CO. The molecule has 0 aliphatic rings. The van der Waals surface area contributed by atoms with Crippen molar-refractivity contribution in [3.63, 3.8) is 0 Å². The van der Waals surface area contributed by atoms with Gasteiger partial charge in [-0.3, -0.25) is 0 Å². The predicted molar refractivity (Wildman–Crippen MR) is 67.0 cm³/mol. The van der Waals surface area contributed by atoms with E-state index in [1.807, 2.05) is 22.8 Å². The fraction of sp³-hybridized carbons (Fsp3) is 0.308. The monoisotopic (exact) mass is 231 g/mol. The number of aliphatic hydroxyl groups is 1. The molecule has 2 rings (SSSR count). The third-order valence-corrected chi connectivity index (χ3v) is 2.88. The van der Waals surface area contributed by atoms with Crippen LogP contribution in [0.25, 0.3) is 5.69 Å². The molecule has 0 aliphatic heterocycles. The van der Waals surface area contributed by atoms with Crippen LogP contribution < -0.4 is 5.73 Å². The van der Waals surface area contributed by atoms with Crippen LogP contribution in [0.3, 0.4) is 0 Å². The minimum Gasteiger partial charge on any atom is -0.394 e. The summed E-state index contributed by atoms with van der Waals surface area (Å²) in [6.45, 7) is 2.03. The van der Waals surface area contributed by atoms with E-state index in [9.17, 15) is 0 Å². The first-order valence-corrected chi connectivity index (χ1v) is 5.74. The van der Waals surface area contributed by atoms with Crippen LogP contribution in [-0.2, 0) is 6.42 Å². The summed E-state index contributed by atoms with van der Waals surface area (Å²) in [6, 6.07) is 7.73. The number of rotatable bonds is 4. The van der Waals surface area contributed by atoms with Crippen molar-refractivity contribution >= 4 is 0 Å². The standard InChI is InChI=1S/C13H17N3O/c1-2-10-5-3-4-6-12(10)16-9-15-7-13(16)11(14)8-17/h3-7,9,11,17H,2,8,14H2,1H3. The summed E-state index contributed by atoms with van der Waals surface area (Å²) in [7, 11) is 0. The third-order valence-electron chi connectivity index (χ3n) is 2.88. The minimum atomic E-state index is -0.401. The second-order valence-corrected chi connectivity index (χ2v) is 3.96. The van der Waals surface area contributed by atoms with Crippen molar-refractivity contribution in [3.8, 4) is 5.69 Å². The van der Waals surface area contributed by atoms with E-state index in [0.29, 0.717) is 0 Å². The van der Waals surface area contributed by atoms with Crippen LogP contribution >= 0.6 is 0 Å². The molecule has 1 unspecified atom stereocenters. The first-order chi connectivity index (χ1) is 8.27. The van der Waals surface area contributed by atoms with Gasteiger partial charge in [-0.25, -0.2) is 4.98 Å².